The lowest BCUT2D eigenvalue weighted by atomic mass is 10.1. The Labute approximate surface area is 137 Å². The zero-order chi connectivity index (χ0) is 16.2. The van der Waals surface area contributed by atoms with Crippen LogP contribution in [0.3, 0.4) is 0 Å². The third kappa shape index (κ3) is 5.25. The molecule has 1 atom stereocenters. The molecule has 118 valence electrons. The molecule has 0 aliphatic rings. The number of ether oxygens (including phenoxy) is 2. The summed E-state index contributed by atoms with van der Waals surface area (Å²) in [6.45, 7) is 6.01. The number of benzene rings is 1. The van der Waals surface area contributed by atoms with Crippen molar-refractivity contribution in [3.8, 4) is 0 Å². The number of rotatable bonds is 6. The normalized spacial score (nSPS) is 13.0. The predicted octanol–water partition coefficient (Wildman–Crippen LogP) is 3.27. The van der Waals surface area contributed by atoms with E-state index in [4.69, 9.17) is 20.2 Å². The van der Waals surface area contributed by atoms with E-state index in [9.17, 15) is 13.2 Å². The minimum absolute atomic E-state index is 0.145. The van der Waals surface area contributed by atoms with Crippen LogP contribution < -0.4 is 0 Å². The maximum absolute atomic E-state index is 12.1. The van der Waals surface area contributed by atoms with Gasteiger partial charge in [-0.05, 0) is 38.5 Å². The number of hydrogen-bond acceptors (Lipinski definition) is 5. The molecule has 0 aromatic heterocycles. The minimum atomic E-state index is -3.93. The van der Waals surface area contributed by atoms with Gasteiger partial charge in [-0.25, -0.2) is 13.2 Å². The molecular weight excluding hydrogens is 384 g/mol. The van der Waals surface area contributed by atoms with Crippen molar-refractivity contribution in [2.45, 2.75) is 31.8 Å². The Hall–Kier alpha value is -0.630. The summed E-state index contributed by atoms with van der Waals surface area (Å²) in [5.74, 6) is -0.623. The summed E-state index contributed by atoms with van der Waals surface area (Å²) in [6, 6.07) is 2.55. The van der Waals surface area contributed by atoms with Gasteiger partial charge in [0.25, 0.3) is 9.05 Å². The van der Waals surface area contributed by atoms with Crippen LogP contribution in [0, 0.1) is 6.92 Å². The van der Waals surface area contributed by atoms with E-state index in [1.165, 1.54) is 12.1 Å². The Kier molecular flexibility index (Phi) is 6.65. The third-order valence-electron chi connectivity index (χ3n) is 2.68. The van der Waals surface area contributed by atoms with Gasteiger partial charge in [0.2, 0.25) is 0 Å². The number of esters is 1. The van der Waals surface area contributed by atoms with Crippen molar-refractivity contribution in [1.82, 2.24) is 0 Å². The first-order valence-corrected chi connectivity index (χ1v) is 9.30. The molecule has 1 unspecified atom stereocenters. The van der Waals surface area contributed by atoms with Crippen molar-refractivity contribution in [1.29, 1.82) is 0 Å². The van der Waals surface area contributed by atoms with Crippen LogP contribution in [-0.4, -0.2) is 33.7 Å². The van der Waals surface area contributed by atoms with Crippen LogP contribution in [0.5, 0.6) is 0 Å². The van der Waals surface area contributed by atoms with Gasteiger partial charge in [-0.3, -0.25) is 0 Å². The molecule has 5 nitrogen and oxygen atoms in total. The quantitative estimate of drug-likeness (QED) is 0.542. The van der Waals surface area contributed by atoms with Crippen molar-refractivity contribution in [3.05, 3.63) is 27.7 Å². The van der Waals surface area contributed by atoms with Crippen LogP contribution in [0.2, 0.25) is 0 Å². The molecule has 0 bridgehead atoms. The van der Waals surface area contributed by atoms with Gasteiger partial charge in [0.1, 0.15) is 6.10 Å². The molecule has 0 aliphatic heterocycles. The maximum atomic E-state index is 12.1. The predicted molar refractivity (Wildman–Crippen MR) is 83.3 cm³/mol. The number of hydrogen-bond donors (Lipinski definition) is 0. The summed E-state index contributed by atoms with van der Waals surface area (Å²) in [6.07, 6.45) is -0.438. The summed E-state index contributed by atoms with van der Waals surface area (Å²) >= 11 is 3.21. The van der Waals surface area contributed by atoms with Gasteiger partial charge in [0, 0.05) is 21.8 Å². The molecule has 0 spiro atoms. The highest BCUT2D eigenvalue weighted by molar-refractivity contribution is 9.10. The SMILES string of the molecule is CCOCC(C)OC(=O)c1cc(S(=O)(=O)Cl)cc(Br)c1C. The van der Waals surface area contributed by atoms with Crippen LogP contribution in [-0.2, 0) is 18.5 Å². The van der Waals surface area contributed by atoms with Gasteiger partial charge in [0.05, 0.1) is 17.1 Å². The Balaban J connectivity index is 3.06. The molecule has 0 saturated carbocycles. The molecule has 1 aromatic carbocycles. The molecule has 8 heteroatoms. The second kappa shape index (κ2) is 7.58. The molecular formula is C13H16BrClO5S. The number of carbonyl (C=O) groups excluding carboxylic acids is 1. The van der Waals surface area contributed by atoms with Crippen molar-refractivity contribution >= 4 is 41.6 Å². The Bertz CT molecular complexity index is 630. The minimum Gasteiger partial charge on any atom is -0.457 e. The van der Waals surface area contributed by atoms with E-state index in [-0.39, 0.29) is 17.1 Å². The van der Waals surface area contributed by atoms with Crippen molar-refractivity contribution in [3.63, 3.8) is 0 Å². The van der Waals surface area contributed by atoms with Crippen LogP contribution in [0.15, 0.2) is 21.5 Å². The summed E-state index contributed by atoms with van der Waals surface area (Å²) in [4.78, 5) is 12.0. The molecule has 21 heavy (non-hydrogen) atoms. The average molecular weight is 400 g/mol. The van der Waals surface area contributed by atoms with Gasteiger partial charge in [-0.1, -0.05) is 15.9 Å². The van der Waals surface area contributed by atoms with E-state index in [0.717, 1.165) is 0 Å². The fourth-order valence-electron chi connectivity index (χ4n) is 1.57. The van der Waals surface area contributed by atoms with Crippen LogP contribution in [0.25, 0.3) is 0 Å². The molecule has 0 radical (unpaired) electrons. The Morgan fingerprint density at radius 1 is 1.43 bits per heavy atom. The lowest BCUT2D eigenvalue weighted by Gasteiger charge is -2.15. The van der Waals surface area contributed by atoms with Gasteiger partial charge in [-0.2, -0.15) is 0 Å². The highest BCUT2D eigenvalue weighted by atomic mass is 79.9. The fraction of sp³-hybridized carbons (Fsp3) is 0.462. The van der Waals surface area contributed by atoms with Crippen molar-refractivity contribution < 1.29 is 22.7 Å². The highest BCUT2D eigenvalue weighted by Crippen LogP contribution is 2.27. The smallest absolute Gasteiger partial charge is 0.338 e. The van der Waals surface area contributed by atoms with E-state index < -0.39 is 21.1 Å². The molecule has 0 saturated heterocycles. The number of halogens is 2. The van der Waals surface area contributed by atoms with E-state index in [0.29, 0.717) is 16.6 Å². The lowest BCUT2D eigenvalue weighted by Crippen LogP contribution is -2.21. The third-order valence-corrected chi connectivity index (χ3v) is 4.84. The van der Waals surface area contributed by atoms with Crippen LogP contribution in [0.4, 0.5) is 0 Å². The van der Waals surface area contributed by atoms with Gasteiger partial charge in [-0.15, -0.1) is 0 Å². The molecule has 0 amide bonds. The Morgan fingerprint density at radius 3 is 2.57 bits per heavy atom. The lowest BCUT2D eigenvalue weighted by molar-refractivity contribution is 0.00430. The monoisotopic (exact) mass is 398 g/mol. The molecule has 1 aromatic rings. The fourth-order valence-corrected chi connectivity index (χ4v) is 2.97. The summed E-state index contributed by atoms with van der Waals surface area (Å²) in [5, 5.41) is 0. The highest BCUT2D eigenvalue weighted by Gasteiger charge is 2.21. The van der Waals surface area contributed by atoms with E-state index in [2.05, 4.69) is 15.9 Å². The zero-order valence-electron chi connectivity index (χ0n) is 11.9. The van der Waals surface area contributed by atoms with E-state index in [1.54, 1.807) is 13.8 Å². The van der Waals surface area contributed by atoms with Gasteiger partial charge >= 0.3 is 5.97 Å². The van der Waals surface area contributed by atoms with Crippen molar-refractivity contribution in [2.75, 3.05) is 13.2 Å². The van der Waals surface area contributed by atoms with E-state index in [1.807, 2.05) is 6.92 Å². The molecule has 0 heterocycles. The average Bonchev–Trinajstić information content (AvgIpc) is 2.37. The molecule has 0 fully saturated rings. The topological polar surface area (TPSA) is 69.7 Å². The first kappa shape index (κ1) is 18.4. The Morgan fingerprint density at radius 2 is 2.05 bits per heavy atom. The number of carbonyl (C=O) groups is 1. The molecule has 0 aliphatic carbocycles. The summed E-state index contributed by atoms with van der Waals surface area (Å²) < 4.78 is 33.7. The van der Waals surface area contributed by atoms with Gasteiger partial charge in [0.15, 0.2) is 0 Å². The van der Waals surface area contributed by atoms with Crippen molar-refractivity contribution in [2.24, 2.45) is 0 Å². The van der Waals surface area contributed by atoms with Crippen LogP contribution >= 0.6 is 26.6 Å². The standard InChI is InChI=1S/C13H16BrClO5S/c1-4-19-7-8(2)20-13(16)11-5-10(21(15,17)18)6-12(14)9(11)3/h5-6,8H,4,7H2,1-3H3. The van der Waals surface area contributed by atoms with E-state index >= 15 is 0 Å². The molecule has 0 N–H and O–H groups in total. The molecule has 1 rings (SSSR count). The maximum Gasteiger partial charge on any atom is 0.338 e. The van der Waals surface area contributed by atoms with Crippen LogP contribution in [0.1, 0.15) is 29.8 Å². The summed E-state index contributed by atoms with van der Waals surface area (Å²) in [5.41, 5.74) is 0.722. The summed E-state index contributed by atoms with van der Waals surface area (Å²) in [7, 11) is 1.38. The zero-order valence-corrected chi connectivity index (χ0v) is 15.0. The first-order chi connectivity index (χ1) is 9.66. The van der Waals surface area contributed by atoms with Gasteiger partial charge < -0.3 is 9.47 Å². The second-order valence-electron chi connectivity index (χ2n) is 4.39. The largest absolute Gasteiger partial charge is 0.457 e. The first-order valence-electron chi connectivity index (χ1n) is 6.20. The second-order valence-corrected chi connectivity index (χ2v) is 7.81.